The minimum atomic E-state index is -3.37. The normalized spacial score (nSPS) is 11.3. The summed E-state index contributed by atoms with van der Waals surface area (Å²) in [6.07, 6.45) is 1.14. The van der Waals surface area contributed by atoms with Crippen molar-refractivity contribution in [2.45, 2.75) is 25.3 Å². The molecule has 0 bridgehead atoms. The van der Waals surface area contributed by atoms with E-state index < -0.39 is 9.84 Å². The lowest BCUT2D eigenvalue weighted by Crippen LogP contribution is -2.14. The van der Waals surface area contributed by atoms with Crippen molar-refractivity contribution in [3.8, 4) is 0 Å². The molecule has 2 aromatic carbocycles. The summed E-state index contributed by atoms with van der Waals surface area (Å²) in [7, 11) is -3.37. The predicted molar refractivity (Wildman–Crippen MR) is 96.1 cm³/mol. The van der Waals surface area contributed by atoms with E-state index in [2.05, 4.69) is 10.6 Å². The van der Waals surface area contributed by atoms with Gasteiger partial charge in [-0.2, -0.15) is 0 Å². The Bertz CT molecular complexity index is 845. The number of amides is 1. The molecule has 1 amide bonds. The van der Waals surface area contributed by atoms with Gasteiger partial charge in [0.2, 0.25) is 0 Å². The Labute approximate surface area is 143 Å². The van der Waals surface area contributed by atoms with Crippen molar-refractivity contribution in [1.29, 1.82) is 0 Å². The maximum Gasteiger partial charge on any atom is 0.255 e. The highest BCUT2D eigenvalue weighted by molar-refractivity contribution is 7.90. The standard InChI is InChI=1S/C18H22N2O3S/c1-4-19-12-14-6-5-7-16(10-14)20-18(21)15-9-8-13(2)17(11-15)24(3,22)23/h5-11,19H,4,12H2,1-3H3,(H,20,21). The number of rotatable bonds is 6. The molecular weight excluding hydrogens is 324 g/mol. The number of hydrogen-bond donors (Lipinski definition) is 2. The van der Waals surface area contributed by atoms with Crippen LogP contribution < -0.4 is 10.6 Å². The zero-order valence-corrected chi connectivity index (χ0v) is 14.9. The van der Waals surface area contributed by atoms with Gasteiger partial charge < -0.3 is 10.6 Å². The van der Waals surface area contributed by atoms with E-state index in [0.29, 0.717) is 16.8 Å². The van der Waals surface area contributed by atoms with Crippen molar-refractivity contribution in [3.63, 3.8) is 0 Å². The van der Waals surface area contributed by atoms with Crippen LogP contribution in [0.25, 0.3) is 0 Å². The molecule has 0 saturated heterocycles. The van der Waals surface area contributed by atoms with Gasteiger partial charge in [-0.15, -0.1) is 0 Å². The molecule has 0 unspecified atom stereocenters. The zero-order chi connectivity index (χ0) is 17.7. The van der Waals surface area contributed by atoms with Crippen LogP contribution in [0.15, 0.2) is 47.4 Å². The van der Waals surface area contributed by atoms with Crippen molar-refractivity contribution in [2.75, 3.05) is 18.1 Å². The van der Waals surface area contributed by atoms with E-state index >= 15 is 0 Å². The molecule has 6 heteroatoms. The van der Waals surface area contributed by atoms with E-state index in [0.717, 1.165) is 24.9 Å². The predicted octanol–water partition coefficient (Wildman–Crippen LogP) is 2.76. The molecule has 0 heterocycles. The number of nitrogens with one attached hydrogen (secondary N) is 2. The van der Waals surface area contributed by atoms with Gasteiger partial charge in [0, 0.05) is 24.1 Å². The number of benzene rings is 2. The van der Waals surface area contributed by atoms with Gasteiger partial charge in [-0.05, 0) is 48.9 Å². The molecule has 0 fully saturated rings. The molecule has 24 heavy (non-hydrogen) atoms. The van der Waals surface area contributed by atoms with Gasteiger partial charge in [0.15, 0.2) is 9.84 Å². The zero-order valence-electron chi connectivity index (χ0n) is 14.1. The fourth-order valence-electron chi connectivity index (χ4n) is 2.37. The average molecular weight is 346 g/mol. The van der Waals surface area contributed by atoms with Crippen LogP contribution in [0.4, 0.5) is 5.69 Å². The van der Waals surface area contributed by atoms with Gasteiger partial charge in [-0.25, -0.2) is 8.42 Å². The van der Waals surface area contributed by atoms with Gasteiger partial charge >= 0.3 is 0 Å². The highest BCUT2D eigenvalue weighted by Crippen LogP contribution is 2.18. The Morgan fingerprint density at radius 2 is 1.88 bits per heavy atom. The highest BCUT2D eigenvalue weighted by Gasteiger charge is 2.15. The molecule has 0 spiro atoms. The SMILES string of the molecule is CCNCc1cccc(NC(=O)c2ccc(C)c(S(C)(=O)=O)c2)c1. The van der Waals surface area contributed by atoms with E-state index in [1.165, 1.54) is 6.07 Å². The molecule has 0 aliphatic carbocycles. The van der Waals surface area contributed by atoms with E-state index in [9.17, 15) is 13.2 Å². The Morgan fingerprint density at radius 1 is 1.12 bits per heavy atom. The Morgan fingerprint density at radius 3 is 2.54 bits per heavy atom. The lowest BCUT2D eigenvalue weighted by Gasteiger charge is -2.10. The summed E-state index contributed by atoms with van der Waals surface area (Å²) in [4.78, 5) is 12.6. The summed E-state index contributed by atoms with van der Waals surface area (Å²) in [6, 6.07) is 12.2. The van der Waals surface area contributed by atoms with Crippen LogP contribution in [0.1, 0.15) is 28.4 Å². The molecular formula is C18H22N2O3S. The van der Waals surface area contributed by atoms with E-state index in [-0.39, 0.29) is 10.8 Å². The van der Waals surface area contributed by atoms with Crippen LogP contribution in [-0.2, 0) is 16.4 Å². The summed E-state index contributed by atoms with van der Waals surface area (Å²) < 4.78 is 23.6. The minimum Gasteiger partial charge on any atom is -0.322 e. The summed E-state index contributed by atoms with van der Waals surface area (Å²) in [6.45, 7) is 5.34. The average Bonchev–Trinajstić information content (AvgIpc) is 2.52. The highest BCUT2D eigenvalue weighted by atomic mass is 32.2. The lowest BCUT2D eigenvalue weighted by atomic mass is 10.1. The summed E-state index contributed by atoms with van der Waals surface area (Å²) in [5.41, 5.74) is 2.69. The van der Waals surface area contributed by atoms with Gasteiger partial charge in [0.1, 0.15) is 0 Å². The first kappa shape index (κ1) is 18.2. The molecule has 2 N–H and O–H groups in total. The van der Waals surface area contributed by atoms with Crippen LogP contribution in [0, 0.1) is 6.92 Å². The van der Waals surface area contributed by atoms with Crippen LogP contribution >= 0.6 is 0 Å². The van der Waals surface area contributed by atoms with Crippen molar-refractivity contribution in [1.82, 2.24) is 5.32 Å². The third kappa shape index (κ3) is 4.66. The number of sulfone groups is 1. The van der Waals surface area contributed by atoms with Gasteiger partial charge in [-0.1, -0.05) is 25.1 Å². The van der Waals surface area contributed by atoms with Gasteiger partial charge in [0.05, 0.1) is 4.90 Å². The fourth-order valence-corrected chi connectivity index (χ4v) is 3.37. The number of carbonyl (C=O) groups is 1. The molecule has 0 saturated carbocycles. The summed E-state index contributed by atoms with van der Waals surface area (Å²) in [5, 5.41) is 6.04. The summed E-state index contributed by atoms with van der Waals surface area (Å²) >= 11 is 0. The van der Waals surface area contributed by atoms with Crippen LogP contribution in [0.3, 0.4) is 0 Å². The number of aryl methyl sites for hydroxylation is 1. The maximum absolute atomic E-state index is 12.4. The first-order valence-electron chi connectivity index (χ1n) is 7.73. The molecule has 0 aliphatic heterocycles. The second-order valence-electron chi connectivity index (χ2n) is 5.69. The number of hydrogen-bond acceptors (Lipinski definition) is 4. The molecule has 0 radical (unpaired) electrons. The van der Waals surface area contributed by atoms with Crippen LogP contribution in [0.5, 0.6) is 0 Å². The fraction of sp³-hybridized carbons (Fsp3) is 0.278. The largest absolute Gasteiger partial charge is 0.322 e. The second kappa shape index (κ2) is 7.59. The van der Waals surface area contributed by atoms with E-state index in [1.54, 1.807) is 25.1 Å². The lowest BCUT2D eigenvalue weighted by molar-refractivity contribution is 0.102. The summed E-state index contributed by atoms with van der Waals surface area (Å²) in [5.74, 6) is -0.333. The van der Waals surface area contributed by atoms with Crippen molar-refractivity contribution in [2.24, 2.45) is 0 Å². The van der Waals surface area contributed by atoms with Crippen LogP contribution in [-0.4, -0.2) is 27.1 Å². The Balaban J connectivity index is 2.21. The monoisotopic (exact) mass is 346 g/mol. The minimum absolute atomic E-state index is 0.177. The first-order valence-corrected chi connectivity index (χ1v) is 9.62. The topological polar surface area (TPSA) is 75.3 Å². The molecule has 0 aromatic heterocycles. The number of carbonyl (C=O) groups excluding carboxylic acids is 1. The number of anilines is 1. The third-order valence-corrected chi connectivity index (χ3v) is 4.85. The third-order valence-electron chi connectivity index (χ3n) is 3.61. The second-order valence-corrected chi connectivity index (χ2v) is 7.67. The molecule has 2 aromatic rings. The van der Waals surface area contributed by atoms with Crippen molar-refractivity contribution >= 4 is 21.4 Å². The smallest absolute Gasteiger partial charge is 0.255 e. The maximum atomic E-state index is 12.4. The molecule has 0 aliphatic rings. The van der Waals surface area contributed by atoms with Crippen molar-refractivity contribution in [3.05, 3.63) is 59.2 Å². The van der Waals surface area contributed by atoms with Crippen LogP contribution in [0.2, 0.25) is 0 Å². The Hall–Kier alpha value is -2.18. The van der Waals surface area contributed by atoms with E-state index in [4.69, 9.17) is 0 Å². The van der Waals surface area contributed by atoms with E-state index in [1.807, 2.05) is 25.1 Å². The first-order chi connectivity index (χ1) is 11.3. The molecule has 128 valence electrons. The quantitative estimate of drug-likeness (QED) is 0.843. The molecule has 0 atom stereocenters. The van der Waals surface area contributed by atoms with Crippen molar-refractivity contribution < 1.29 is 13.2 Å². The van der Waals surface area contributed by atoms with Gasteiger partial charge in [0.25, 0.3) is 5.91 Å². The molecule has 5 nitrogen and oxygen atoms in total. The van der Waals surface area contributed by atoms with Gasteiger partial charge in [-0.3, -0.25) is 4.79 Å². The molecule has 2 rings (SSSR count). The Kier molecular flexibility index (Phi) is 5.75.